The molecule has 2 amide bonds. The molecule has 2 aromatic carbocycles. The lowest BCUT2D eigenvalue weighted by Gasteiger charge is -2.57. The first-order chi connectivity index (χ1) is 11.7. The summed E-state index contributed by atoms with van der Waals surface area (Å²) in [5.41, 5.74) is 2.31. The second kappa shape index (κ2) is 5.79. The molecular formula is C18H18FN3O2. The number of aliphatic hydroxyl groups excluding tert-OH is 1. The number of para-hydroxylation sites is 2. The minimum absolute atomic E-state index is 0.0520. The summed E-state index contributed by atoms with van der Waals surface area (Å²) in [7, 11) is 0. The Balaban J connectivity index is 1.57. The fraction of sp³-hybridized carbons (Fsp3) is 0.278. The fourth-order valence-electron chi connectivity index (χ4n) is 3.80. The third-order valence-corrected chi connectivity index (χ3v) is 4.90. The van der Waals surface area contributed by atoms with Crippen LogP contribution in [0.15, 0.2) is 48.5 Å². The van der Waals surface area contributed by atoms with Gasteiger partial charge in [0, 0.05) is 18.2 Å². The molecule has 2 aliphatic heterocycles. The van der Waals surface area contributed by atoms with Crippen molar-refractivity contribution in [3.8, 4) is 0 Å². The fourth-order valence-corrected chi connectivity index (χ4v) is 3.80. The van der Waals surface area contributed by atoms with E-state index in [1.165, 1.54) is 12.1 Å². The zero-order chi connectivity index (χ0) is 16.7. The highest BCUT2D eigenvalue weighted by atomic mass is 19.1. The van der Waals surface area contributed by atoms with E-state index in [1.807, 2.05) is 24.3 Å². The van der Waals surface area contributed by atoms with Crippen molar-refractivity contribution in [2.45, 2.75) is 18.0 Å². The lowest BCUT2D eigenvalue weighted by atomic mass is 9.73. The van der Waals surface area contributed by atoms with Crippen LogP contribution in [0.5, 0.6) is 0 Å². The lowest BCUT2D eigenvalue weighted by Crippen LogP contribution is -2.69. The number of fused-ring (bicyclic) bond motifs is 3. The van der Waals surface area contributed by atoms with E-state index in [0.717, 1.165) is 11.3 Å². The molecule has 0 aliphatic carbocycles. The third kappa shape index (κ3) is 2.22. The Bertz CT molecular complexity index is 782. The number of benzene rings is 2. The van der Waals surface area contributed by atoms with Crippen LogP contribution in [-0.4, -0.2) is 41.3 Å². The van der Waals surface area contributed by atoms with E-state index >= 15 is 0 Å². The molecule has 124 valence electrons. The SMILES string of the molecule is O=C(Nc1ccccc1F)N1[C@@H]2CNc3ccccc3[C@@H]2[C@@H]1CO. The van der Waals surface area contributed by atoms with Crippen LogP contribution < -0.4 is 10.6 Å². The number of anilines is 2. The van der Waals surface area contributed by atoms with Crippen LogP contribution in [0.3, 0.4) is 0 Å². The number of likely N-dealkylation sites (tertiary alicyclic amines) is 1. The largest absolute Gasteiger partial charge is 0.394 e. The Morgan fingerprint density at radius 1 is 1.25 bits per heavy atom. The summed E-state index contributed by atoms with van der Waals surface area (Å²) < 4.78 is 13.7. The van der Waals surface area contributed by atoms with Crippen LogP contribution in [0.25, 0.3) is 0 Å². The number of hydrogen-bond donors (Lipinski definition) is 3. The average Bonchev–Trinajstić information content (AvgIpc) is 2.57. The van der Waals surface area contributed by atoms with Gasteiger partial charge >= 0.3 is 6.03 Å². The van der Waals surface area contributed by atoms with Crippen LogP contribution in [-0.2, 0) is 0 Å². The van der Waals surface area contributed by atoms with Crippen LogP contribution in [0.2, 0.25) is 0 Å². The van der Waals surface area contributed by atoms with E-state index in [-0.39, 0.29) is 36.3 Å². The Kier molecular flexibility index (Phi) is 3.61. The molecule has 24 heavy (non-hydrogen) atoms. The van der Waals surface area contributed by atoms with E-state index < -0.39 is 5.82 Å². The number of aliphatic hydroxyl groups is 1. The Morgan fingerprint density at radius 2 is 2.00 bits per heavy atom. The number of nitrogens with one attached hydrogen (secondary N) is 2. The van der Waals surface area contributed by atoms with Crippen LogP contribution in [0.1, 0.15) is 11.5 Å². The first-order valence-electron chi connectivity index (χ1n) is 7.98. The van der Waals surface area contributed by atoms with Gasteiger partial charge in [-0.05, 0) is 23.8 Å². The molecule has 2 heterocycles. The molecule has 0 bridgehead atoms. The highest BCUT2D eigenvalue weighted by Crippen LogP contribution is 2.46. The number of amides is 2. The second-order valence-corrected chi connectivity index (χ2v) is 6.13. The van der Waals surface area contributed by atoms with Gasteiger partial charge in [-0.2, -0.15) is 0 Å². The molecule has 6 heteroatoms. The second-order valence-electron chi connectivity index (χ2n) is 6.13. The summed E-state index contributed by atoms with van der Waals surface area (Å²) >= 11 is 0. The zero-order valence-electron chi connectivity index (χ0n) is 12.9. The smallest absolute Gasteiger partial charge is 0.322 e. The molecule has 0 radical (unpaired) electrons. The Labute approximate surface area is 139 Å². The number of urea groups is 1. The van der Waals surface area contributed by atoms with E-state index in [9.17, 15) is 14.3 Å². The monoisotopic (exact) mass is 327 g/mol. The normalized spacial score (nSPS) is 24.2. The molecule has 1 fully saturated rings. The summed E-state index contributed by atoms with van der Waals surface area (Å²) in [6, 6.07) is 13.3. The van der Waals surface area contributed by atoms with Crippen molar-refractivity contribution < 1.29 is 14.3 Å². The minimum Gasteiger partial charge on any atom is -0.394 e. The van der Waals surface area contributed by atoms with Gasteiger partial charge in [0.25, 0.3) is 0 Å². The first kappa shape index (κ1) is 15.0. The van der Waals surface area contributed by atoms with Crippen LogP contribution in [0.4, 0.5) is 20.6 Å². The summed E-state index contributed by atoms with van der Waals surface area (Å²) in [6.45, 7) is 0.489. The molecule has 2 aliphatic rings. The number of rotatable bonds is 2. The molecule has 3 N–H and O–H groups in total. The summed E-state index contributed by atoms with van der Waals surface area (Å²) in [4.78, 5) is 14.2. The maximum atomic E-state index is 13.7. The zero-order valence-corrected chi connectivity index (χ0v) is 12.9. The van der Waals surface area contributed by atoms with Gasteiger partial charge in [-0.15, -0.1) is 0 Å². The van der Waals surface area contributed by atoms with Gasteiger partial charge in [0.05, 0.1) is 24.4 Å². The van der Waals surface area contributed by atoms with E-state index in [2.05, 4.69) is 10.6 Å². The highest BCUT2D eigenvalue weighted by Gasteiger charge is 2.53. The summed E-state index contributed by atoms with van der Waals surface area (Å²) in [6.07, 6.45) is 0. The molecule has 2 aromatic rings. The molecule has 0 unspecified atom stereocenters. The molecule has 3 atom stereocenters. The third-order valence-electron chi connectivity index (χ3n) is 4.90. The summed E-state index contributed by atoms with van der Waals surface area (Å²) in [5.74, 6) is -0.380. The van der Waals surface area contributed by atoms with Gasteiger partial charge in [-0.1, -0.05) is 30.3 Å². The quantitative estimate of drug-likeness (QED) is 0.794. The molecule has 0 saturated carbocycles. The predicted octanol–water partition coefficient (Wildman–Crippen LogP) is 2.61. The molecule has 0 aromatic heterocycles. The number of carbonyl (C=O) groups is 1. The number of carbonyl (C=O) groups excluding carboxylic acids is 1. The van der Waals surface area contributed by atoms with Gasteiger partial charge in [0.15, 0.2) is 0 Å². The lowest BCUT2D eigenvalue weighted by molar-refractivity contribution is 0.000848. The minimum atomic E-state index is -0.476. The molecule has 0 spiro atoms. The van der Waals surface area contributed by atoms with Crippen molar-refractivity contribution in [3.63, 3.8) is 0 Å². The van der Waals surface area contributed by atoms with Gasteiger partial charge in [0.1, 0.15) is 5.82 Å². The van der Waals surface area contributed by atoms with E-state index in [4.69, 9.17) is 0 Å². The highest BCUT2D eigenvalue weighted by molar-refractivity contribution is 5.91. The first-order valence-corrected chi connectivity index (χ1v) is 7.98. The van der Waals surface area contributed by atoms with Gasteiger partial charge in [0.2, 0.25) is 0 Å². The average molecular weight is 327 g/mol. The summed E-state index contributed by atoms with van der Waals surface area (Å²) in [5, 5.41) is 15.7. The Morgan fingerprint density at radius 3 is 2.79 bits per heavy atom. The Hall–Kier alpha value is -2.60. The predicted molar refractivity (Wildman–Crippen MR) is 89.6 cm³/mol. The van der Waals surface area contributed by atoms with Crippen molar-refractivity contribution in [1.29, 1.82) is 0 Å². The maximum absolute atomic E-state index is 13.7. The van der Waals surface area contributed by atoms with Crippen molar-refractivity contribution in [2.75, 3.05) is 23.8 Å². The van der Waals surface area contributed by atoms with Crippen molar-refractivity contribution in [3.05, 3.63) is 59.9 Å². The van der Waals surface area contributed by atoms with Crippen LogP contribution >= 0.6 is 0 Å². The van der Waals surface area contributed by atoms with E-state index in [1.54, 1.807) is 17.0 Å². The maximum Gasteiger partial charge on any atom is 0.322 e. The molecule has 5 nitrogen and oxygen atoms in total. The van der Waals surface area contributed by atoms with Crippen LogP contribution in [0, 0.1) is 5.82 Å². The van der Waals surface area contributed by atoms with Crippen molar-refractivity contribution in [2.24, 2.45) is 0 Å². The number of halogens is 1. The van der Waals surface area contributed by atoms with Crippen molar-refractivity contribution in [1.82, 2.24) is 4.90 Å². The number of hydrogen-bond acceptors (Lipinski definition) is 3. The van der Waals surface area contributed by atoms with Gasteiger partial charge in [-0.3, -0.25) is 0 Å². The molecular weight excluding hydrogens is 309 g/mol. The molecule has 1 saturated heterocycles. The molecule has 4 rings (SSSR count). The standard InChI is InChI=1S/C18H18FN3O2/c19-12-6-2-4-8-14(12)21-18(24)22-15-9-20-13-7-3-1-5-11(13)17(15)16(22)10-23/h1-8,15-17,20,23H,9-10H2,(H,21,24)/t15-,16+,17+/m1/s1. The number of nitrogens with zero attached hydrogens (tertiary/aromatic N) is 1. The van der Waals surface area contributed by atoms with E-state index in [0.29, 0.717) is 6.54 Å². The van der Waals surface area contributed by atoms with Gasteiger partial charge in [-0.25, -0.2) is 9.18 Å². The topological polar surface area (TPSA) is 64.6 Å². The van der Waals surface area contributed by atoms with Crippen molar-refractivity contribution >= 4 is 17.4 Å². The van der Waals surface area contributed by atoms with Gasteiger partial charge < -0.3 is 20.6 Å².